The minimum Gasteiger partial charge on any atom is -0.455 e. The molecule has 0 spiro atoms. The molecule has 0 saturated heterocycles. The van der Waals surface area contributed by atoms with Gasteiger partial charge in [-0.05, 0) is 43.2 Å². The lowest BCUT2D eigenvalue weighted by Gasteiger charge is -2.10. The van der Waals surface area contributed by atoms with Gasteiger partial charge in [0, 0.05) is 5.69 Å². The molecule has 6 nitrogen and oxygen atoms in total. The van der Waals surface area contributed by atoms with Gasteiger partial charge in [-0.2, -0.15) is 0 Å². The fourth-order valence-corrected chi connectivity index (χ4v) is 2.60. The lowest BCUT2D eigenvalue weighted by Crippen LogP contribution is -2.37. The van der Waals surface area contributed by atoms with Crippen molar-refractivity contribution in [1.29, 1.82) is 0 Å². The molecule has 0 atom stereocenters. The van der Waals surface area contributed by atoms with Gasteiger partial charge in [-0.1, -0.05) is 47.0 Å². The fraction of sp³-hybridized carbons (Fsp3) is 0.211. The Balaban J connectivity index is 1.78. The number of benzene rings is 2. The number of urea groups is 1. The first kappa shape index (κ1) is 20.7. The second-order valence-electron chi connectivity index (χ2n) is 5.91. The highest BCUT2D eigenvalue weighted by molar-refractivity contribution is 6.42. The molecule has 0 heterocycles. The summed E-state index contributed by atoms with van der Waals surface area (Å²) < 4.78 is 4.86. The Morgan fingerprint density at radius 3 is 2.41 bits per heavy atom. The Hall–Kier alpha value is -2.57. The first-order valence-electron chi connectivity index (χ1n) is 8.02. The van der Waals surface area contributed by atoms with E-state index in [-0.39, 0.29) is 6.42 Å². The molecule has 3 amide bonds. The number of halogens is 2. The summed E-state index contributed by atoms with van der Waals surface area (Å²) in [6, 6.07) is 9.53. The monoisotopic (exact) mass is 408 g/mol. The molecule has 142 valence electrons. The zero-order valence-corrected chi connectivity index (χ0v) is 16.3. The molecule has 0 aliphatic heterocycles. The standard InChI is InChI=1S/C19H18Cl2N2O4/c1-11-3-6-16(12(2)7-11)22-19(26)23-17(24)10-27-18(25)9-13-4-5-14(20)15(21)8-13/h3-8H,9-10H2,1-2H3,(H2,22,23,24,26). The van der Waals surface area contributed by atoms with E-state index in [0.717, 1.165) is 11.1 Å². The van der Waals surface area contributed by atoms with Crippen LogP contribution in [0.1, 0.15) is 16.7 Å². The lowest BCUT2D eigenvalue weighted by atomic mass is 10.1. The van der Waals surface area contributed by atoms with E-state index in [4.69, 9.17) is 27.9 Å². The molecule has 0 saturated carbocycles. The molecule has 2 aromatic carbocycles. The molecule has 2 aromatic rings. The van der Waals surface area contributed by atoms with Gasteiger partial charge in [0.25, 0.3) is 5.91 Å². The van der Waals surface area contributed by atoms with Crippen molar-refractivity contribution < 1.29 is 19.1 Å². The lowest BCUT2D eigenvalue weighted by molar-refractivity contribution is -0.147. The SMILES string of the molecule is Cc1ccc(NC(=O)NC(=O)COC(=O)Cc2ccc(Cl)c(Cl)c2)c(C)c1. The Morgan fingerprint density at radius 1 is 1.00 bits per heavy atom. The van der Waals surface area contributed by atoms with Crippen molar-refractivity contribution in [3.63, 3.8) is 0 Å². The minimum absolute atomic E-state index is 0.0705. The van der Waals surface area contributed by atoms with Crippen LogP contribution in [0.4, 0.5) is 10.5 Å². The molecule has 8 heteroatoms. The predicted octanol–water partition coefficient (Wildman–Crippen LogP) is 4.04. The third-order valence-corrected chi connectivity index (χ3v) is 4.32. The average molecular weight is 409 g/mol. The maximum absolute atomic E-state index is 11.9. The first-order valence-corrected chi connectivity index (χ1v) is 8.78. The normalized spacial score (nSPS) is 10.2. The maximum atomic E-state index is 11.9. The summed E-state index contributed by atoms with van der Waals surface area (Å²) in [5, 5.41) is 5.37. The van der Waals surface area contributed by atoms with E-state index < -0.39 is 24.5 Å². The Labute approximate surface area is 166 Å². The second-order valence-corrected chi connectivity index (χ2v) is 6.72. The number of aryl methyl sites for hydroxylation is 2. The van der Waals surface area contributed by atoms with Gasteiger partial charge >= 0.3 is 12.0 Å². The number of hydrogen-bond donors (Lipinski definition) is 2. The van der Waals surface area contributed by atoms with Gasteiger partial charge in [-0.25, -0.2) is 4.79 Å². The molecule has 0 aliphatic rings. The minimum atomic E-state index is -0.736. The quantitative estimate of drug-likeness (QED) is 0.730. The summed E-state index contributed by atoms with van der Waals surface area (Å²) in [5.74, 6) is -1.36. The largest absolute Gasteiger partial charge is 0.455 e. The van der Waals surface area contributed by atoms with Crippen LogP contribution in [0.25, 0.3) is 0 Å². The van der Waals surface area contributed by atoms with Crippen LogP contribution in [0.15, 0.2) is 36.4 Å². The van der Waals surface area contributed by atoms with Gasteiger partial charge in [0.15, 0.2) is 6.61 Å². The highest BCUT2D eigenvalue weighted by Crippen LogP contribution is 2.22. The number of carbonyl (C=O) groups excluding carboxylic acids is 3. The number of carbonyl (C=O) groups is 3. The van der Waals surface area contributed by atoms with E-state index >= 15 is 0 Å². The Morgan fingerprint density at radius 2 is 1.74 bits per heavy atom. The number of amides is 3. The van der Waals surface area contributed by atoms with Gasteiger partial charge < -0.3 is 10.1 Å². The smallest absolute Gasteiger partial charge is 0.325 e. The van der Waals surface area contributed by atoms with Crippen LogP contribution in [0.2, 0.25) is 10.0 Å². The number of anilines is 1. The third-order valence-electron chi connectivity index (χ3n) is 3.58. The van der Waals surface area contributed by atoms with Crippen LogP contribution >= 0.6 is 23.2 Å². The summed E-state index contributed by atoms with van der Waals surface area (Å²) in [7, 11) is 0. The molecule has 2 N–H and O–H groups in total. The zero-order valence-electron chi connectivity index (χ0n) is 14.8. The highest BCUT2D eigenvalue weighted by Gasteiger charge is 2.13. The van der Waals surface area contributed by atoms with Crippen molar-refractivity contribution in [3.8, 4) is 0 Å². The van der Waals surface area contributed by atoms with Crippen molar-refractivity contribution in [2.75, 3.05) is 11.9 Å². The summed E-state index contributed by atoms with van der Waals surface area (Å²) in [5.41, 5.74) is 3.11. The van der Waals surface area contributed by atoms with Crippen molar-refractivity contribution in [3.05, 3.63) is 63.1 Å². The summed E-state index contributed by atoms with van der Waals surface area (Å²) in [6.07, 6.45) is -0.0705. The van der Waals surface area contributed by atoms with Crippen molar-refractivity contribution >= 4 is 46.8 Å². The van der Waals surface area contributed by atoms with Crippen molar-refractivity contribution in [2.24, 2.45) is 0 Å². The molecule has 0 fully saturated rings. The second kappa shape index (κ2) is 9.39. The summed E-state index contributed by atoms with van der Waals surface area (Å²) in [6.45, 7) is 3.21. The van der Waals surface area contributed by atoms with E-state index in [9.17, 15) is 14.4 Å². The zero-order chi connectivity index (χ0) is 20.0. The number of esters is 1. The number of rotatable bonds is 5. The topological polar surface area (TPSA) is 84.5 Å². The number of ether oxygens (including phenoxy) is 1. The molecule has 0 unspecified atom stereocenters. The number of hydrogen-bond acceptors (Lipinski definition) is 4. The highest BCUT2D eigenvalue weighted by atomic mass is 35.5. The van der Waals surface area contributed by atoms with E-state index in [1.807, 2.05) is 26.0 Å². The van der Waals surface area contributed by atoms with E-state index in [1.165, 1.54) is 0 Å². The van der Waals surface area contributed by atoms with Crippen LogP contribution < -0.4 is 10.6 Å². The molecule has 0 bridgehead atoms. The van der Waals surface area contributed by atoms with Crippen LogP contribution in [0.5, 0.6) is 0 Å². The Kier molecular flexibility index (Phi) is 7.21. The number of imide groups is 1. The molecule has 0 radical (unpaired) electrons. The fourth-order valence-electron chi connectivity index (χ4n) is 2.28. The molecule has 2 rings (SSSR count). The Bertz CT molecular complexity index is 884. The van der Waals surface area contributed by atoms with Gasteiger partial charge in [0.1, 0.15) is 0 Å². The third kappa shape index (κ3) is 6.58. The average Bonchev–Trinajstić information content (AvgIpc) is 2.59. The molecular weight excluding hydrogens is 391 g/mol. The van der Waals surface area contributed by atoms with Crippen LogP contribution in [-0.4, -0.2) is 24.5 Å². The molecule has 27 heavy (non-hydrogen) atoms. The summed E-state index contributed by atoms with van der Waals surface area (Å²) >= 11 is 11.7. The van der Waals surface area contributed by atoms with Crippen molar-refractivity contribution in [2.45, 2.75) is 20.3 Å². The molecular formula is C19H18Cl2N2O4. The maximum Gasteiger partial charge on any atom is 0.325 e. The molecule has 0 aliphatic carbocycles. The summed E-state index contributed by atoms with van der Waals surface area (Å²) in [4.78, 5) is 35.4. The molecule has 0 aromatic heterocycles. The van der Waals surface area contributed by atoms with Crippen LogP contribution in [0, 0.1) is 13.8 Å². The van der Waals surface area contributed by atoms with E-state index in [0.29, 0.717) is 21.3 Å². The van der Waals surface area contributed by atoms with E-state index in [2.05, 4.69) is 10.6 Å². The van der Waals surface area contributed by atoms with Crippen molar-refractivity contribution in [1.82, 2.24) is 5.32 Å². The van der Waals surface area contributed by atoms with E-state index in [1.54, 1.807) is 24.3 Å². The van der Waals surface area contributed by atoms with Crippen LogP contribution in [-0.2, 0) is 20.7 Å². The van der Waals surface area contributed by atoms with Crippen LogP contribution in [0.3, 0.4) is 0 Å². The van der Waals surface area contributed by atoms with Gasteiger partial charge in [0.05, 0.1) is 16.5 Å². The van der Waals surface area contributed by atoms with Gasteiger partial charge in [-0.3, -0.25) is 14.9 Å². The number of nitrogens with one attached hydrogen (secondary N) is 2. The first-order chi connectivity index (χ1) is 12.7. The predicted molar refractivity (Wildman–Crippen MR) is 104 cm³/mol. The van der Waals surface area contributed by atoms with Gasteiger partial charge in [0.2, 0.25) is 0 Å². The van der Waals surface area contributed by atoms with Gasteiger partial charge in [-0.15, -0.1) is 0 Å².